The van der Waals surface area contributed by atoms with Gasteiger partial charge in [-0.05, 0) is 49.1 Å². The Labute approximate surface area is 132 Å². The molecule has 2 heterocycles. The number of morpholine rings is 1. The Morgan fingerprint density at radius 2 is 2.00 bits per heavy atom. The molecule has 1 aromatic rings. The number of fused-ring (bicyclic) bond motifs is 2. The van der Waals surface area contributed by atoms with E-state index >= 15 is 0 Å². The maximum atomic E-state index is 6.20. The smallest absolute Gasteiger partial charge is 0.0755 e. The highest BCUT2D eigenvalue weighted by Gasteiger charge is 2.34. The van der Waals surface area contributed by atoms with Gasteiger partial charge in [0.2, 0.25) is 0 Å². The lowest BCUT2D eigenvalue weighted by Gasteiger charge is -2.35. The molecule has 3 nitrogen and oxygen atoms in total. The number of hydrogen-bond acceptors (Lipinski definition) is 3. The Morgan fingerprint density at radius 3 is 2.67 bits per heavy atom. The molecule has 0 saturated carbocycles. The van der Waals surface area contributed by atoms with Crippen molar-refractivity contribution in [1.82, 2.24) is 5.32 Å². The van der Waals surface area contributed by atoms with Gasteiger partial charge in [-0.25, -0.2) is 0 Å². The molecule has 3 rings (SSSR count). The summed E-state index contributed by atoms with van der Waals surface area (Å²) in [6, 6.07) is 6.27. The molecule has 0 spiro atoms. The van der Waals surface area contributed by atoms with E-state index in [2.05, 4.69) is 36.2 Å². The van der Waals surface area contributed by atoms with Crippen molar-refractivity contribution < 1.29 is 4.74 Å². The molecule has 1 aromatic carbocycles. The van der Waals surface area contributed by atoms with Crippen molar-refractivity contribution in [3.8, 4) is 0 Å². The van der Waals surface area contributed by atoms with Gasteiger partial charge >= 0.3 is 0 Å². The van der Waals surface area contributed by atoms with Gasteiger partial charge in [0.15, 0.2) is 0 Å². The second-order valence-electron chi connectivity index (χ2n) is 6.66. The third kappa shape index (κ3) is 3.71. The minimum atomic E-state index is 0.413. The monoisotopic (exact) mass is 308 g/mol. The SMILES string of the molecule is CC(C)CNCc1cc(Cl)ccc1N1CC2CCC(C1)O2. The van der Waals surface area contributed by atoms with E-state index in [4.69, 9.17) is 16.3 Å². The van der Waals surface area contributed by atoms with Crippen molar-refractivity contribution in [2.75, 3.05) is 24.5 Å². The molecule has 0 radical (unpaired) electrons. The summed E-state index contributed by atoms with van der Waals surface area (Å²) in [7, 11) is 0. The molecule has 2 saturated heterocycles. The molecule has 4 heteroatoms. The minimum absolute atomic E-state index is 0.413. The fourth-order valence-corrected chi connectivity index (χ4v) is 3.51. The third-order valence-corrected chi connectivity index (χ3v) is 4.53. The number of benzene rings is 1. The molecule has 1 N–H and O–H groups in total. The van der Waals surface area contributed by atoms with Crippen molar-refractivity contribution in [2.45, 2.75) is 45.4 Å². The summed E-state index contributed by atoms with van der Waals surface area (Å²) in [5.41, 5.74) is 2.61. The Balaban J connectivity index is 1.74. The first kappa shape index (κ1) is 15.1. The quantitative estimate of drug-likeness (QED) is 0.901. The Kier molecular flexibility index (Phi) is 4.72. The van der Waals surface area contributed by atoms with Gasteiger partial charge in [0.1, 0.15) is 0 Å². The Hall–Kier alpha value is -0.770. The number of hydrogen-bond donors (Lipinski definition) is 1. The molecule has 2 aliphatic rings. The highest BCUT2D eigenvalue weighted by molar-refractivity contribution is 6.30. The summed E-state index contributed by atoms with van der Waals surface area (Å²) >= 11 is 6.20. The summed E-state index contributed by atoms with van der Waals surface area (Å²) < 4.78 is 5.94. The van der Waals surface area contributed by atoms with Crippen LogP contribution in [0.3, 0.4) is 0 Å². The number of nitrogens with zero attached hydrogens (tertiary/aromatic N) is 1. The minimum Gasteiger partial charge on any atom is -0.371 e. The van der Waals surface area contributed by atoms with Gasteiger partial charge in [0.25, 0.3) is 0 Å². The summed E-state index contributed by atoms with van der Waals surface area (Å²) in [4.78, 5) is 2.48. The van der Waals surface area contributed by atoms with Crippen LogP contribution < -0.4 is 10.2 Å². The van der Waals surface area contributed by atoms with Crippen LogP contribution in [-0.4, -0.2) is 31.8 Å². The van der Waals surface area contributed by atoms with Crippen LogP contribution in [0.5, 0.6) is 0 Å². The second kappa shape index (κ2) is 6.55. The first-order chi connectivity index (χ1) is 10.1. The summed E-state index contributed by atoms with van der Waals surface area (Å²) in [6.07, 6.45) is 3.23. The highest BCUT2D eigenvalue weighted by atomic mass is 35.5. The van der Waals surface area contributed by atoms with Crippen LogP contribution in [0.2, 0.25) is 5.02 Å². The molecule has 2 bridgehead atoms. The zero-order valence-electron chi connectivity index (χ0n) is 12.9. The summed E-state index contributed by atoms with van der Waals surface area (Å²) in [5, 5.41) is 4.35. The largest absolute Gasteiger partial charge is 0.371 e. The normalized spacial score (nSPS) is 24.9. The molecule has 21 heavy (non-hydrogen) atoms. The van der Waals surface area contributed by atoms with Crippen LogP contribution in [0.4, 0.5) is 5.69 Å². The van der Waals surface area contributed by atoms with E-state index in [9.17, 15) is 0 Å². The molecular formula is C17H25ClN2O. The summed E-state index contributed by atoms with van der Waals surface area (Å²) in [6.45, 7) is 8.38. The molecule has 0 aliphatic carbocycles. The molecule has 2 aliphatic heterocycles. The van der Waals surface area contributed by atoms with Gasteiger partial charge in [-0.15, -0.1) is 0 Å². The molecule has 2 unspecified atom stereocenters. The third-order valence-electron chi connectivity index (χ3n) is 4.29. The summed E-state index contributed by atoms with van der Waals surface area (Å²) in [5.74, 6) is 0.659. The fraction of sp³-hybridized carbons (Fsp3) is 0.647. The van der Waals surface area contributed by atoms with Crippen molar-refractivity contribution in [3.05, 3.63) is 28.8 Å². The van der Waals surface area contributed by atoms with Crippen LogP contribution in [-0.2, 0) is 11.3 Å². The number of anilines is 1. The van der Waals surface area contributed by atoms with Gasteiger partial charge < -0.3 is 15.0 Å². The van der Waals surface area contributed by atoms with Crippen LogP contribution in [0.1, 0.15) is 32.3 Å². The standard InChI is InChI=1S/C17H25ClN2O/c1-12(2)8-19-9-13-7-14(18)3-6-17(13)20-10-15-4-5-16(11-20)21-15/h3,6-7,12,15-16,19H,4-5,8-11H2,1-2H3. The topological polar surface area (TPSA) is 24.5 Å². The Morgan fingerprint density at radius 1 is 1.29 bits per heavy atom. The van der Waals surface area contributed by atoms with Gasteiger partial charge in [0, 0.05) is 30.3 Å². The maximum absolute atomic E-state index is 6.20. The average Bonchev–Trinajstić information content (AvgIpc) is 2.77. The van der Waals surface area contributed by atoms with Crippen LogP contribution in [0, 0.1) is 5.92 Å². The molecule has 116 valence electrons. The van der Waals surface area contributed by atoms with Crippen molar-refractivity contribution in [2.24, 2.45) is 5.92 Å². The molecule has 2 fully saturated rings. The lowest BCUT2D eigenvalue weighted by molar-refractivity contribution is 0.0304. The van der Waals surface area contributed by atoms with Gasteiger partial charge in [-0.1, -0.05) is 25.4 Å². The van der Waals surface area contributed by atoms with E-state index in [0.29, 0.717) is 18.1 Å². The van der Waals surface area contributed by atoms with E-state index in [-0.39, 0.29) is 0 Å². The van der Waals surface area contributed by atoms with Gasteiger partial charge in [-0.3, -0.25) is 0 Å². The number of rotatable bonds is 5. The lowest BCUT2D eigenvalue weighted by Crippen LogP contribution is -2.43. The van der Waals surface area contributed by atoms with E-state index in [1.165, 1.54) is 24.1 Å². The van der Waals surface area contributed by atoms with Gasteiger partial charge in [0.05, 0.1) is 12.2 Å². The number of nitrogens with one attached hydrogen (secondary N) is 1. The first-order valence-corrected chi connectivity index (χ1v) is 8.39. The second-order valence-corrected chi connectivity index (χ2v) is 7.10. The zero-order chi connectivity index (χ0) is 14.8. The molecule has 2 atom stereocenters. The van der Waals surface area contributed by atoms with Crippen LogP contribution in [0.15, 0.2) is 18.2 Å². The number of halogens is 1. The molecule has 0 aromatic heterocycles. The van der Waals surface area contributed by atoms with Gasteiger partial charge in [-0.2, -0.15) is 0 Å². The predicted molar refractivity (Wildman–Crippen MR) is 88.1 cm³/mol. The van der Waals surface area contributed by atoms with Crippen molar-refractivity contribution in [3.63, 3.8) is 0 Å². The van der Waals surface area contributed by atoms with Crippen molar-refractivity contribution >= 4 is 17.3 Å². The molecular weight excluding hydrogens is 284 g/mol. The van der Waals surface area contributed by atoms with Crippen molar-refractivity contribution in [1.29, 1.82) is 0 Å². The highest BCUT2D eigenvalue weighted by Crippen LogP contribution is 2.32. The number of ether oxygens (including phenoxy) is 1. The molecule has 0 amide bonds. The van der Waals surface area contributed by atoms with E-state index in [0.717, 1.165) is 31.2 Å². The fourth-order valence-electron chi connectivity index (χ4n) is 3.31. The van der Waals surface area contributed by atoms with E-state index < -0.39 is 0 Å². The van der Waals surface area contributed by atoms with Crippen LogP contribution in [0.25, 0.3) is 0 Å². The van der Waals surface area contributed by atoms with Crippen LogP contribution >= 0.6 is 11.6 Å². The average molecular weight is 309 g/mol. The maximum Gasteiger partial charge on any atom is 0.0755 e. The zero-order valence-corrected chi connectivity index (χ0v) is 13.7. The lowest BCUT2D eigenvalue weighted by atomic mass is 10.1. The first-order valence-electron chi connectivity index (χ1n) is 8.01. The predicted octanol–water partition coefficient (Wildman–Crippen LogP) is 3.45. The Bertz CT molecular complexity index is 480. The van der Waals surface area contributed by atoms with E-state index in [1.54, 1.807) is 0 Å². The van der Waals surface area contributed by atoms with E-state index in [1.807, 2.05) is 6.07 Å².